The highest BCUT2D eigenvalue weighted by Gasteiger charge is 2.15. The van der Waals surface area contributed by atoms with Crippen LogP contribution in [0.1, 0.15) is 15.9 Å². The average molecular weight is 361 g/mol. The van der Waals surface area contributed by atoms with Gasteiger partial charge in [0.25, 0.3) is 5.91 Å². The largest absolute Gasteiger partial charge is 0.319 e. The normalized spacial score (nSPS) is 10.3. The summed E-state index contributed by atoms with van der Waals surface area (Å²) < 4.78 is 0.754. The summed E-state index contributed by atoms with van der Waals surface area (Å²) in [5.41, 5.74) is 1.51. The molecule has 4 nitrogen and oxygen atoms in total. The molecule has 98 valence electrons. The number of amides is 1. The van der Waals surface area contributed by atoms with Gasteiger partial charge in [-0.25, -0.2) is 9.97 Å². The van der Waals surface area contributed by atoms with Gasteiger partial charge in [0.05, 0.1) is 11.3 Å². The molecule has 0 spiro atoms. The third-order valence-corrected chi connectivity index (χ3v) is 3.86. The van der Waals surface area contributed by atoms with Crippen molar-refractivity contribution in [1.29, 1.82) is 0 Å². The number of halogens is 3. The Morgan fingerprint density at radius 1 is 1.32 bits per heavy atom. The monoisotopic (exact) mass is 359 g/mol. The molecule has 2 heterocycles. The second-order valence-electron chi connectivity index (χ2n) is 3.69. The van der Waals surface area contributed by atoms with Gasteiger partial charge in [-0.1, -0.05) is 23.2 Å². The van der Waals surface area contributed by atoms with E-state index in [0.29, 0.717) is 5.69 Å². The zero-order chi connectivity index (χ0) is 14.0. The average Bonchev–Trinajstić information content (AvgIpc) is 2.39. The Hall–Kier alpha value is -1.17. The van der Waals surface area contributed by atoms with Gasteiger partial charge in [0.2, 0.25) is 0 Å². The van der Waals surface area contributed by atoms with E-state index in [9.17, 15) is 4.79 Å². The van der Waals surface area contributed by atoms with Crippen LogP contribution in [0.5, 0.6) is 0 Å². The number of hydrogen-bond donors (Lipinski definition) is 1. The first-order chi connectivity index (χ1) is 9.00. The highest BCUT2D eigenvalue weighted by atomic mass is 79.9. The third kappa shape index (κ3) is 3.05. The number of carbonyl (C=O) groups excluding carboxylic acids is 1. The molecule has 0 radical (unpaired) electrons. The van der Waals surface area contributed by atoms with Gasteiger partial charge in [0.15, 0.2) is 5.15 Å². The number of rotatable bonds is 2. The van der Waals surface area contributed by atoms with Crippen LogP contribution >= 0.6 is 39.1 Å². The molecule has 0 bridgehead atoms. The van der Waals surface area contributed by atoms with Crippen LogP contribution in [0.15, 0.2) is 29.0 Å². The van der Waals surface area contributed by atoms with Gasteiger partial charge in [-0.3, -0.25) is 4.79 Å². The summed E-state index contributed by atoms with van der Waals surface area (Å²) in [5.74, 6) is -0.386. The highest BCUT2D eigenvalue weighted by molar-refractivity contribution is 9.10. The topological polar surface area (TPSA) is 54.9 Å². The summed E-state index contributed by atoms with van der Waals surface area (Å²) in [7, 11) is 0. The Kier molecular flexibility index (Phi) is 4.39. The number of hydrogen-bond acceptors (Lipinski definition) is 3. The van der Waals surface area contributed by atoms with E-state index in [1.165, 1.54) is 6.20 Å². The van der Waals surface area contributed by atoms with E-state index in [0.717, 1.165) is 10.0 Å². The van der Waals surface area contributed by atoms with E-state index in [1.54, 1.807) is 18.3 Å². The molecule has 7 heteroatoms. The lowest BCUT2D eigenvalue weighted by Gasteiger charge is -2.11. The van der Waals surface area contributed by atoms with E-state index in [4.69, 9.17) is 23.2 Å². The molecule has 0 atom stereocenters. The van der Waals surface area contributed by atoms with Crippen molar-refractivity contribution in [3.05, 3.63) is 50.4 Å². The smallest absolute Gasteiger partial charge is 0.258 e. The lowest BCUT2D eigenvalue weighted by atomic mass is 10.2. The van der Waals surface area contributed by atoms with Crippen LogP contribution in [0.25, 0.3) is 0 Å². The zero-order valence-corrected chi connectivity index (χ0v) is 12.8. The maximum absolute atomic E-state index is 12.1. The Bertz CT molecular complexity index is 649. The number of nitrogens with one attached hydrogen (secondary N) is 1. The molecular formula is C12H8BrCl2N3O. The number of anilines is 1. The van der Waals surface area contributed by atoms with Crippen LogP contribution in [0.3, 0.4) is 0 Å². The lowest BCUT2D eigenvalue weighted by Crippen LogP contribution is -2.14. The first-order valence-corrected chi connectivity index (χ1v) is 6.78. The molecule has 0 fully saturated rings. The molecule has 0 aliphatic heterocycles. The number of pyridine rings is 2. The lowest BCUT2D eigenvalue weighted by molar-refractivity contribution is 0.102. The Morgan fingerprint density at radius 3 is 2.74 bits per heavy atom. The predicted octanol–water partition coefficient (Wildman–Crippen LogP) is 4.11. The van der Waals surface area contributed by atoms with Crippen molar-refractivity contribution in [1.82, 2.24) is 9.97 Å². The molecule has 19 heavy (non-hydrogen) atoms. The van der Waals surface area contributed by atoms with Gasteiger partial charge >= 0.3 is 0 Å². The van der Waals surface area contributed by atoms with Gasteiger partial charge in [0, 0.05) is 16.9 Å². The van der Waals surface area contributed by atoms with Crippen molar-refractivity contribution < 1.29 is 4.79 Å². The SMILES string of the molecule is Cc1c(Br)cnc(Cl)c1NC(=O)c1cccnc1Cl. The van der Waals surface area contributed by atoms with Crippen LogP contribution in [0.4, 0.5) is 5.69 Å². The first-order valence-electron chi connectivity index (χ1n) is 5.23. The summed E-state index contributed by atoms with van der Waals surface area (Å²) in [6.07, 6.45) is 3.09. The van der Waals surface area contributed by atoms with Gasteiger partial charge in [0.1, 0.15) is 5.15 Å². The number of carbonyl (C=O) groups is 1. The van der Waals surface area contributed by atoms with Crippen LogP contribution in [-0.4, -0.2) is 15.9 Å². The fourth-order valence-electron chi connectivity index (χ4n) is 1.43. The molecule has 0 aromatic carbocycles. The second kappa shape index (κ2) is 5.86. The summed E-state index contributed by atoms with van der Waals surface area (Å²) in [4.78, 5) is 19.9. The van der Waals surface area contributed by atoms with Crippen LogP contribution < -0.4 is 5.32 Å². The van der Waals surface area contributed by atoms with E-state index in [1.807, 2.05) is 6.92 Å². The van der Waals surface area contributed by atoms with Crippen LogP contribution in [0.2, 0.25) is 10.3 Å². The maximum atomic E-state index is 12.1. The van der Waals surface area contributed by atoms with E-state index in [-0.39, 0.29) is 21.8 Å². The van der Waals surface area contributed by atoms with Crippen LogP contribution in [0, 0.1) is 6.92 Å². The zero-order valence-electron chi connectivity index (χ0n) is 9.75. The van der Waals surface area contributed by atoms with E-state index >= 15 is 0 Å². The van der Waals surface area contributed by atoms with Crippen molar-refractivity contribution in [2.24, 2.45) is 0 Å². The Labute approximate surface area is 128 Å². The molecule has 0 saturated heterocycles. The molecule has 0 aliphatic rings. The van der Waals surface area contributed by atoms with Crippen molar-refractivity contribution in [3.63, 3.8) is 0 Å². The summed E-state index contributed by atoms with van der Waals surface area (Å²) >= 11 is 15.2. The fourth-order valence-corrected chi connectivity index (χ4v) is 2.17. The van der Waals surface area contributed by atoms with Gasteiger partial charge < -0.3 is 5.32 Å². The molecule has 1 amide bonds. The Balaban J connectivity index is 2.35. The molecule has 2 aromatic rings. The minimum Gasteiger partial charge on any atom is -0.319 e. The van der Waals surface area contributed by atoms with Gasteiger partial charge in [-0.05, 0) is 40.5 Å². The van der Waals surface area contributed by atoms with Gasteiger partial charge in [-0.15, -0.1) is 0 Å². The molecule has 0 aliphatic carbocycles. The minimum absolute atomic E-state index is 0.136. The second-order valence-corrected chi connectivity index (χ2v) is 5.26. The quantitative estimate of drug-likeness (QED) is 0.820. The van der Waals surface area contributed by atoms with E-state index in [2.05, 4.69) is 31.2 Å². The van der Waals surface area contributed by atoms with Crippen molar-refractivity contribution in [2.75, 3.05) is 5.32 Å². The standard InChI is InChI=1S/C12H8BrCl2N3O/c1-6-8(13)5-17-11(15)9(6)18-12(19)7-3-2-4-16-10(7)14/h2-5H,1H3,(H,18,19). The molecule has 0 unspecified atom stereocenters. The molecule has 2 rings (SSSR count). The van der Waals surface area contributed by atoms with Gasteiger partial charge in [-0.2, -0.15) is 0 Å². The molecule has 2 aromatic heterocycles. The van der Waals surface area contributed by atoms with Crippen molar-refractivity contribution in [3.8, 4) is 0 Å². The highest BCUT2D eigenvalue weighted by Crippen LogP contribution is 2.29. The minimum atomic E-state index is -0.386. The van der Waals surface area contributed by atoms with Crippen molar-refractivity contribution in [2.45, 2.75) is 6.92 Å². The number of nitrogens with zero attached hydrogens (tertiary/aromatic N) is 2. The summed E-state index contributed by atoms with van der Waals surface area (Å²) in [6, 6.07) is 3.22. The summed E-state index contributed by atoms with van der Waals surface area (Å²) in [6.45, 7) is 1.82. The van der Waals surface area contributed by atoms with Crippen molar-refractivity contribution >= 4 is 50.7 Å². The molecular weight excluding hydrogens is 353 g/mol. The predicted molar refractivity (Wildman–Crippen MR) is 78.9 cm³/mol. The summed E-state index contributed by atoms with van der Waals surface area (Å²) in [5, 5.41) is 3.04. The Morgan fingerprint density at radius 2 is 2.05 bits per heavy atom. The molecule has 1 N–H and O–H groups in total. The van der Waals surface area contributed by atoms with E-state index < -0.39 is 0 Å². The third-order valence-electron chi connectivity index (χ3n) is 2.47. The first kappa shape index (κ1) is 14.2. The fraction of sp³-hybridized carbons (Fsp3) is 0.0833. The number of aromatic nitrogens is 2. The molecule has 0 saturated carbocycles. The maximum Gasteiger partial charge on any atom is 0.258 e. The van der Waals surface area contributed by atoms with Crippen LogP contribution in [-0.2, 0) is 0 Å².